The topological polar surface area (TPSA) is 102 Å². The molecule has 0 radical (unpaired) electrons. The third-order valence-electron chi connectivity index (χ3n) is 5.72. The molecule has 1 aliphatic heterocycles. The molecule has 1 saturated heterocycles. The van der Waals surface area contributed by atoms with Crippen molar-refractivity contribution in [3.8, 4) is 5.75 Å². The number of nitrogens with zero attached hydrogens (tertiary/aromatic N) is 2. The number of amides is 2. The van der Waals surface area contributed by atoms with Crippen molar-refractivity contribution in [2.75, 3.05) is 16.8 Å². The molecular weight excluding hydrogens is 386 g/mol. The molecule has 2 unspecified atom stereocenters. The highest BCUT2D eigenvalue weighted by atomic mass is 16.6. The van der Waals surface area contributed by atoms with Gasteiger partial charge in [0.05, 0.1) is 29.1 Å². The van der Waals surface area contributed by atoms with Crippen molar-refractivity contribution in [2.24, 2.45) is 11.8 Å². The van der Waals surface area contributed by atoms with Gasteiger partial charge in [-0.3, -0.25) is 19.7 Å². The van der Waals surface area contributed by atoms with Crippen LogP contribution in [0.1, 0.15) is 32.6 Å². The number of nitro benzene ring substituents is 1. The number of fused-ring (bicyclic) bond motifs is 1. The molecular formula is C22H23N3O5. The number of hydrogen-bond donors (Lipinski definition) is 1. The molecule has 2 fully saturated rings. The van der Waals surface area contributed by atoms with Gasteiger partial charge in [-0.1, -0.05) is 12.8 Å². The van der Waals surface area contributed by atoms with Crippen LogP contribution in [0.4, 0.5) is 22.7 Å². The SMILES string of the molecule is CCOc1ccc(Nc2ccc(N3C(=O)C4CCCCC4C3=O)cc2[N+](=O)[O-])cc1. The number of hydrogen-bond acceptors (Lipinski definition) is 6. The van der Waals surface area contributed by atoms with Crippen LogP contribution in [0.2, 0.25) is 0 Å². The van der Waals surface area contributed by atoms with Crippen LogP contribution in [-0.2, 0) is 9.59 Å². The molecule has 0 spiro atoms. The van der Waals surface area contributed by atoms with E-state index in [1.165, 1.54) is 12.1 Å². The third kappa shape index (κ3) is 3.60. The fourth-order valence-electron chi connectivity index (χ4n) is 4.29. The van der Waals surface area contributed by atoms with E-state index in [1.807, 2.05) is 6.92 Å². The molecule has 1 saturated carbocycles. The first-order valence-corrected chi connectivity index (χ1v) is 10.2. The maximum atomic E-state index is 12.8. The molecule has 0 bridgehead atoms. The van der Waals surface area contributed by atoms with E-state index in [0.717, 1.165) is 17.7 Å². The van der Waals surface area contributed by atoms with Crippen LogP contribution in [-0.4, -0.2) is 23.3 Å². The van der Waals surface area contributed by atoms with E-state index in [2.05, 4.69) is 5.32 Å². The smallest absolute Gasteiger partial charge is 0.294 e. The minimum atomic E-state index is -0.515. The molecule has 4 rings (SSSR count). The summed E-state index contributed by atoms with van der Waals surface area (Å²) in [6.07, 6.45) is 3.26. The lowest BCUT2D eigenvalue weighted by atomic mass is 9.81. The average molecular weight is 409 g/mol. The number of rotatable bonds is 6. The first kappa shape index (κ1) is 19.9. The van der Waals surface area contributed by atoms with Crippen molar-refractivity contribution < 1.29 is 19.2 Å². The molecule has 2 aliphatic rings. The van der Waals surface area contributed by atoms with E-state index in [9.17, 15) is 19.7 Å². The zero-order valence-corrected chi connectivity index (χ0v) is 16.7. The van der Waals surface area contributed by atoms with Gasteiger partial charge in [0.2, 0.25) is 11.8 Å². The molecule has 1 heterocycles. The van der Waals surface area contributed by atoms with Crippen LogP contribution in [0.3, 0.4) is 0 Å². The second-order valence-electron chi connectivity index (χ2n) is 7.55. The molecule has 8 nitrogen and oxygen atoms in total. The summed E-state index contributed by atoms with van der Waals surface area (Å²) in [6, 6.07) is 11.5. The van der Waals surface area contributed by atoms with Gasteiger partial charge >= 0.3 is 0 Å². The van der Waals surface area contributed by atoms with Gasteiger partial charge in [-0.05, 0) is 56.2 Å². The van der Waals surface area contributed by atoms with Gasteiger partial charge < -0.3 is 10.1 Å². The summed E-state index contributed by atoms with van der Waals surface area (Å²) in [5.74, 6) is -0.378. The predicted molar refractivity (Wildman–Crippen MR) is 112 cm³/mol. The summed E-state index contributed by atoms with van der Waals surface area (Å²) < 4.78 is 5.40. The van der Waals surface area contributed by atoms with Crippen LogP contribution < -0.4 is 15.0 Å². The minimum Gasteiger partial charge on any atom is -0.494 e. The summed E-state index contributed by atoms with van der Waals surface area (Å²) in [5.41, 5.74) is 0.998. The number of carbonyl (C=O) groups is 2. The number of imide groups is 1. The minimum absolute atomic E-state index is 0.197. The number of nitro groups is 1. The predicted octanol–water partition coefficient (Wildman–Crippen LogP) is 4.42. The standard InChI is InChI=1S/C22H23N3O5/c1-2-30-16-10-7-14(8-11-16)23-19-12-9-15(13-20(19)25(28)29)24-21(26)17-5-3-4-6-18(17)22(24)27/h7-13,17-18,23H,2-6H2,1H3. The highest BCUT2D eigenvalue weighted by Crippen LogP contribution is 2.41. The fourth-order valence-corrected chi connectivity index (χ4v) is 4.29. The molecule has 1 N–H and O–H groups in total. The van der Waals surface area contributed by atoms with Crippen LogP contribution in [0.25, 0.3) is 0 Å². The first-order valence-electron chi connectivity index (χ1n) is 10.2. The van der Waals surface area contributed by atoms with Crippen LogP contribution >= 0.6 is 0 Å². The summed E-state index contributed by atoms with van der Waals surface area (Å²) in [4.78, 5) is 37.9. The monoisotopic (exact) mass is 409 g/mol. The Balaban J connectivity index is 1.61. The van der Waals surface area contributed by atoms with E-state index in [0.29, 0.717) is 30.9 Å². The average Bonchev–Trinajstić information content (AvgIpc) is 3.00. The summed E-state index contributed by atoms with van der Waals surface area (Å²) in [6.45, 7) is 2.44. The Hall–Kier alpha value is -3.42. The van der Waals surface area contributed by atoms with Crippen LogP contribution in [0.15, 0.2) is 42.5 Å². The number of anilines is 3. The lowest BCUT2D eigenvalue weighted by molar-refractivity contribution is -0.383. The second-order valence-corrected chi connectivity index (χ2v) is 7.55. The Labute approximate surface area is 174 Å². The molecule has 2 aromatic rings. The Morgan fingerprint density at radius 3 is 2.27 bits per heavy atom. The first-order chi connectivity index (χ1) is 14.5. The highest BCUT2D eigenvalue weighted by Gasteiger charge is 2.49. The maximum absolute atomic E-state index is 12.8. The summed E-state index contributed by atoms with van der Waals surface area (Å²) >= 11 is 0. The Morgan fingerprint density at radius 1 is 1.07 bits per heavy atom. The van der Waals surface area contributed by atoms with E-state index in [4.69, 9.17) is 4.74 Å². The molecule has 156 valence electrons. The Kier molecular flexibility index (Phi) is 5.39. The molecule has 1 aliphatic carbocycles. The summed E-state index contributed by atoms with van der Waals surface area (Å²) in [5, 5.41) is 14.7. The van der Waals surface area contributed by atoms with Crippen molar-refractivity contribution >= 4 is 34.6 Å². The van der Waals surface area contributed by atoms with E-state index in [1.54, 1.807) is 30.3 Å². The van der Waals surface area contributed by atoms with E-state index >= 15 is 0 Å². The van der Waals surface area contributed by atoms with Gasteiger partial charge in [0.1, 0.15) is 11.4 Å². The maximum Gasteiger partial charge on any atom is 0.294 e. The van der Waals surface area contributed by atoms with Crippen molar-refractivity contribution in [1.29, 1.82) is 0 Å². The number of benzene rings is 2. The van der Waals surface area contributed by atoms with E-state index in [-0.39, 0.29) is 40.7 Å². The van der Waals surface area contributed by atoms with Gasteiger partial charge in [-0.15, -0.1) is 0 Å². The number of carbonyl (C=O) groups excluding carboxylic acids is 2. The van der Waals surface area contributed by atoms with Crippen molar-refractivity contribution in [2.45, 2.75) is 32.6 Å². The molecule has 2 amide bonds. The molecule has 0 aromatic heterocycles. The molecule has 8 heteroatoms. The van der Waals surface area contributed by atoms with E-state index < -0.39 is 4.92 Å². The van der Waals surface area contributed by atoms with Crippen molar-refractivity contribution in [1.82, 2.24) is 0 Å². The molecule has 2 atom stereocenters. The van der Waals surface area contributed by atoms with Gasteiger partial charge in [0.25, 0.3) is 5.69 Å². The Bertz CT molecular complexity index is 965. The second kappa shape index (κ2) is 8.14. The van der Waals surface area contributed by atoms with Crippen LogP contribution in [0.5, 0.6) is 5.75 Å². The molecule has 2 aromatic carbocycles. The lowest BCUT2D eigenvalue weighted by Gasteiger charge is -2.19. The largest absolute Gasteiger partial charge is 0.494 e. The van der Waals surface area contributed by atoms with Crippen LogP contribution in [0, 0.1) is 22.0 Å². The molecule has 30 heavy (non-hydrogen) atoms. The Morgan fingerprint density at radius 2 is 1.70 bits per heavy atom. The number of nitrogens with one attached hydrogen (secondary N) is 1. The van der Waals surface area contributed by atoms with Gasteiger partial charge in [0, 0.05) is 11.8 Å². The quantitative estimate of drug-likeness (QED) is 0.431. The zero-order chi connectivity index (χ0) is 21.3. The summed E-state index contributed by atoms with van der Waals surface area (Å²) in [7, 11) is 0. The van der Waals surface area contributed by atoms with Gasteiger partial charge in [-0.25, -0.2) is 4.90 Å². The normalized spacial score (nSPS) is 20.8. The lowest BCUT2D eigenvalue weighted by Crippen LogP contribution is -2.30. The van der Waals surface area contributed by atoms with Crippen molar-refractivity contribution in [3.05, 3.63) is 52.6 Å². The number of ether oxygens (including phenoxy) is 1. The van der Waals surface area contributed by atoms with Gasteiger partial charge in [-0.2, -0.15) is 0 Å². The third-order valence-corrected chi connectivity index (χ3v) is 5.72. The van der Waals surface area contributed by atoms with Crippen molar-refractivity contribution in [3.63, 3.8) is 0 Å². The van der Waals surface area contributed by atoms with Gasteiger partial charge in [0.15, 0.2) is 0 Å². The fraction of sp³-hybridized carbons (Fsp3) is 0.364. The highest BCUT2D eigenvalue weighted by molar-refractivity contribution is 6.22. The zero-order valence-electron chi connectivity index (χ0n) is 16.7.